The molecule has 0 unspecified atom stereocenters. The largest absolute Gasteiger partial charge is 0.497 e. The molecule has 0 aliphatic carbocycles. The molecule has 3 N–H and O–H groups in total. The van der Waals surface area contributed by atoms with Crippen molar-refractivity contribution in [3.63, 3.8) is 0 Å². The standard InChI is InChI=1S/C14H22N2O2/c1-4-6-13(15)14(17)16-10(2)11-7-5-8-12(9-11)18-3/h5,7-10,13H,4,6,15H2,1-3H3,(H,16,17)/t10-,13-/m0/s1. The molecule has 1 aromatic rings. The van der Waals surface area contributed by atoms with Gasteiger partial charge in [-0.3, -0.25) is 4.79 Å². The number of nitrogens with two attached hydrogens (primary N) is 1. The highest BCUT2D eigenvalue weighted by molar-refractivity contribution is 5.81. The van der Waals surface area contributed by atoms with Crippen LogP contribution in [-0.2, 0) is 4.79 Å². The molecule has 0 saturated carbocycles. The smallest absolute Gasteiger partial charge is 0.237 e. The van der Waals surface area contributed by atoms with E-state index in [2.05, 4.69) is 5.32 Å². The number of nitrogens with one attached hydrogen (secondary N) is 1. The van der Waals surface area contributed by atoms with Gasteiger partial charge in [-0.25, -0.2) is 0 Å². The molecule has 4 heteroatoms. The average Bonchev–Trinajstić information content (AvgIpc) is 2.39. The van der Waals surface area contributed by atoms with Gasteiger partial charge in [-0.2, -0.15) is 0 Å². The maximum atomic E-state index is 11.8. The first-order valence-electron chi connectivity index (χ1n) is 6.28. The van der Waals surface area contributed by atoms with E-state index < -0.39 is 6.04 Å². The molecule has 0 fully saturated rings. The molecule has 0 bridgehead atoms. The number of methoxy groups -OCH3 is 1. The van der Waals surface area contributed by atoms with Crippen LogP contribution in [0, 0.1) is 0 Å². The van der Waals surface area contributed by atoms with Gasteiger partial charge in [0.2, 0.25) is 5.91 Å². The molecule has 1 aromatic carbocycles. The minimum Gasteiger partial charge on any atom is -0.497 e. The lowest BCUT2D eigenvalue weighted by Gasteiger charge is -2.18. The summed E-state index contributed by atoms with van der Waals surface area (Å²) in [5, 5.41) is 2.91. The molecule has 100 valence electrons. The first-order chi connectivity index (χ1) is 8.58. The minimum atomic E-state index is -0.428. The number of rotatable bonds is 6. The quantitative estimate of drug-likeness (QED) is 0.811. The second kappa shape index (κ2) is 7.01. The van der Waals surface area contributed by atoms with Gasteiger partial charge in [0.25, 0.3) is 0 Å². The second-order valence-corrected chi connectivity index (χ2v) is 4.40. The zero-order valence-corrected chi connectivity index (χ0v) is 11.3. The fourth-order valence-corrected chi connectivity index (χ4v) is 1.76. The first kappa shape index (κ1) is 14.5. The third kappa shape index (κ3) is 4.04. The third-order valence-corrected chi connectivity index (χ3v) is 2.89. The first-order valence-corrected chi connectivity index (χ1v) is 6.28. The summed E-state index contributed by atoms with van der Waals surface area (Å²) < 4.78 is 5.16. The average molecular weight is 250 g/mol. The van der Waals surface area contributed by atoms with Crippen molar-refractivity contribution < 1.29 is 9.53 Å². The van der Waals surface area contributed by atoms with Gasteiger partial charge in [0, 0.05) is 0 Å². The molecule has 0 heterocycles. The van der Waals surface area contributed by atoms with Gasteiger partial charge in [-0.15, -0.1) is 0 Å². The Morgan fingerprint density at radius 3 is 2.83 bits per heavy atom. The third-order valence-electron chi connectivity index (χ3n) is 2.89. The highest BCUT2D eigenvalue weighted by Crippen LogP contribution is 2.18. The van der Waals surface area contributed by atoms with Gasteiger partial charge >= 0.3 is 0 Å². The number of hydrogen-bond donors (Lipinski definition) is 2. The minimum absolute atomic E-state index is 0.0736. The molecule has 18 heavy (non-hydrogen) atoms. The number of carbonyl (C=O) groups excluding carboxylic acids is 1. The fourth-order valence-electron chi connectivity index (χ4n) is 1.76. The highest BCUT2D eigenvalue weighted by atomic mass is 16.5. The molecular weight excluding hydrogens is 228 g/mol. The van der Waals surface area contributed by atoms with E-state index in [4.69, 9.17) is 10.5 Å². The summed E-state index contributed by atoms with van der Waals surface area (Å²) in [5.74, 6) is 0.679. The van der Waals surface area contributed by atoms with Crippen molar-refractivity contribution in [3.8, 4) is 5.75 Å². The van der Waals surface area contributed by atoms with E-state index in [1.165, 1.54) is 0 Å². The zero-order valence-electron chi connectivity index (χ0n) is 11.3. The topological polar surface area (TPSA) is 64.4 Å². The van der Waals surface area contributed by atoms with E-state index in [1.54, 1.807) is 7.11 Å². The van der Waals surface area contributed by atoms with Gasteiger partial charge in [-0.05, 0) is 31.0 Å². The van der Waals surface area contributed by atoms with Gasteiger partial charge < -0.3 is 15.8 Å². The molecule has 4 nitrogen and oxygen atoms in total. The van der Waals surface area contributed by atoms with Crippen LogP contribution in [0.15, 0.2) is 24.3 Å². The van der Waals surface area contributed by atoms with Crippen LogP contribution < -0.4 is 15.8 Å². The molecule has 0 aliphatic heterocycles. The van der Waals surface area contributed by atoms with Crippen molar-refractivity contribution >= 4 is 5.91 Å². The number of hydrogen-bond acceptors (Lipinski definition) is 3. The predicted octanol–water partition coefficient (Wildman–Crippen LogP) is 2.00. The van der Waals surface area contributed by atoms with Crippen LogP contribution in [0.3, 0.4) is 0 Å². The molecule has 0 radical (unpaired) electrons. The Morgan fingerprint density at radius 1 is 1.50 bits per heavy atom. The Labute approximate surface area is 109 Å². The summed E-state index contributed by atoms with van der Waals surface area (Å²) in [5.41, 5.74) is 6.78. The molecular formula is C14H22N2O2. The summed E-state index contributed by atoms with van der Waals surface area (Å²) in [6.45, 7) is 3.95. The van der Waals surface area contributed by atoms with Crippen LogP contribution in [0.1, 0.15) is 38.3 Å². The Balaban J connectivity index is 2.64. The van der Waals surface area contributed by atoms with Crippen molar-refractivity contribution in [1.82, 2.24) is 5.32 Å². The predicted molar refractivity (Wildman–Crippen MR) is 72.4 cm³/mol. The number of ether oxygens (including phenoxy) is 1. The van der Waals surface area contributed by atoms with E-state index in [9.17, 15) is 4.79 Å². The van der Waals surface area contributed by atoms with Crippen molar-refractivity contribution in [2.24, 2.45) is 5.73 Å². The van der Waals surface area contributed by atoms with Crippen LogP contribution in [0.5, 0.6) is 5.75 Å². The van der Waals surface area contributed by atoms with Crippen LogP contribution in [0.4, 0.5) is 0 Å². The maximum Gasteiger partial charge on any atom is 0.237 e. The van der Waals surface area contributed by atoms with E-state index in [-0.39, 0.29) is 11.9 Å². The van der Waals surface area contributed by atoms with Crippen LogP contribution >= 0.6 is 0 Å². The Hall–Kier alpha value is -1.55. The monoisotopic (exact) mass is 250 g/mol. The van der Waals surface area contributed by atoms with Crippen molar-refractivity contribution in [2.45, 2.75) is 38.8 Å². The molecule has 0 saturated heterocycles. The SMILES string of the molecule is CCC[C@H](N)C(=O)N[C@@H](C)c1cccc(OC)c1. The molecule has 0 aromatic heterocycles. The molecule has 0 spiro atoms. The van der Waals surface area contributed by atoms with Gasteiger partial charge in [0.1, 0.15) is 5.75 Å². The molecule has 1 rings (SSSR count). The summed E-state index contributed by atoms with van der Waals surface area (Å²) in [6.07, 6.45) is 1.61. The zero-order chi connectivity index (χ0) is 13.5. The summed E-state index contributed by atoms with van der Waals surface area (Å²) in [7, 11) is 1.62. The number of carbonyl (C=O) groups is 1. The Morgan fingerprint density at radius 2 is 2.22 bits per heavy atom. The van der Waals surface area contributed by atoms with E-state index >= 15 is 0 Å². The second-order valence-electron chi connectivity index (χ2n) is 4.40. The summed E-state index contributed by atoms with van der Waals surface area (Å²) in [4.78, 5) is 11.8. The Kier molecular flexibility index (Phi) is 5.65. The number of amides is 1. The van der Waals surface area contributed by atoms with Crippen molar-refractivity contribution in [3.05, 3.63) is 29.8 Å². The maximum absolute atomic E-state index is 11.8. The van der Waals surface area contributed by atoms with E-state index in [0.717, 1.165) is 17.7 Å². The highest BCUT2D eigenvalue weighted by Gasteiger charge is 2.15. The lowest BCUT2D eigenvalue weighted by atomic mass is 10.1. The molecule has 0 aliphatic rings. The van der Waals surface area contributed by atoms with Crippen LogP contribution in [-0.4, -0.2) is 19.1 Å². The van der Waals surface area contributed by atoms with Gasteiger partial charge in [0.15, 0.2) is 0 Å². The van der Waals surface area contributed by atoms with E-state index in [1.807, 2.05) is 38.1 Å². The van der Waals surface area contributed by atoms with Crippen molar-refractivity contribution in [1.29, 1.82) is 0 Å². The van der Waals surface area contributed by atoms with Crippen LogP contribution in [0.25, 0.3) is 0 Å². The summed E-state index contributed by atoms with van der Waals surface area (Å²) in [6, 6.07) is 7.15. The van der Waals surface area contributed by atoms with Gasteiger partial charge in [0.05, 0.1) is 19.2 Å². The Bertz CT molecular complexity index is 393. The number of benzene rings is 1. The van der Waals surface area contributed by atoms with Crippen molar-refractivity contribution in [2.75, 3.05) is 7.11 Å². The molecule has 2 atom stereocenters. The lowest BCUT2D eigenvalue weighted by molar-refractivity contribution is -0.123. The normalized spacial score (nSPS) is 13.8. The summed E-state index contributed by atoms with van der Waals surface area (Å²) >= 11 is 0. The van der Waals surface area contributed by atoms with Gasteiger partial charge in [-0.1, -0.05) is 25.5 Å². The fraction of sp³-hybridized carbons (Fsp3) is 0.500. The molecule has 1 amide bonds. The lowest BCUT2D eigenvalue weighted by Crippen LogP contribution is -2.41. The van der Waals surface area contributed by atoms with Crippen LogP contribution in [0.2, 0.25) is 0 Å². The van der Waals surface area contributed by atoms with E-state index in [0.29, 0.717) is 6.42 Å².